The molecule has 0 bridgehead atoms. The van der Waals surface area contributed by atoms with Crippen LogP contribution in [0.4, 0.5) is 0 Å². The topological polar surface area (TPSA) is 46.9 Å². The van der Waals surface area contributed by atoms with Gasteiger partial charge in [0, 0.05) is 25.6 Å². The predicted molar refractivity (Wildman–Crippen MR) is 130 cm³/mol. The molecule has 0 atom stereocenters. The molecule has 4 nitrogen and oxygen atoms in total. The molecule has 0 aliphatic heterocycles. The number of unbranched alkanes of at least 4 members (excludes halogenated alkanes) is 5. The third-order valence-electron chi connectivity index (χ3n) is 5.57. The first-order chi connectivity index (χ1) is 15.3. The molecular weight excluding hydrogens is 382 g/mol. The third kappa shape index (κ3) is 7.39. The van der Waals surface area contributed by atoms with Crippen LogP contribution >= 0.6 is 0 Å². The van der Waals surface area contributed by atoms with Crippen LogP contribution in [0.2, 0.25) is 0 Å². The lowest BCUT2D eigenvalue weighted by Gasteiger charge is -2.09. The molecular formula is C27H35N3O. The molecule has 4 heteroatoms. The van der Waals surface area contributed by atoms with Crippen molar-refractivity contribution in [3.05, 3.63) is 72.1 Å². The molecule has 3 rings (SSSR count). The average molecular weight is 418 g/mol. The van der Waals surface area contributed by atoms with Crippen molar-refractivity contribution < 1.29 is 4.79 Å². The zero-order valence-electron chi connectivity index (χ0n) is 18.7. The standard InChI is InChI=1S/C27H35N3O/c1-2-3-4-13-22-30-25-17-11-10-16-24(25)29-26(30)18-9-6-12-21-28-27(31)20-19-23-14-7-5-8-15-23/h5,7-8,10-11,14-17,19-20H,2-4,6,9,12-13,18,21-22H2,1H3,(H,28,31)/b20-19+. The molecule has 0 fully saturated rings. The Bertz CT molecular complexity index is 959. The van der Waals surface area contributed by atoms with Gasteiger partial charge in [0.1, 0.15) is 5.82 Å². The van der Waals surface area contributed by atoms with Crippen LogP contribution in [0.25, 0.3) is 17.1 Å². The van der Waals surface area contributed by atoms with Gasteiger partial charge in [-0.05, 0) is 43.0 Å². The summed E-state index contributed by atoms with van der Waals surface area (Å²) in [6.45, 7) is 4.02. The molecule has 0 saturated heterocycles. The van der Waals surface area contributed by atoms with E-state index in [0.717, 1.165) is 43.3 Å². The van der Waals surface area contributed by atoms with Crippen molar-refractivity contribution in [2.45, 2.75) is 64.8 Å². The Hall–Kier alpha value is -2.88. The van der Waals surface area contributed by atoms with E-state index in [0.29, 0.717) is 6.54 Å². The fourth-order valence-corrected chi connectivity index (χ4v) is 3.85. The van der Waals surface area contributed by atoms with Gasteiger partial charge in [0.25, 0.3) is 0 Å². The molecule has 2 aromatic carbocycles. The molecule has 1 N–H and O–H groups in total. The maximum atomic E-state index is 12.0. The molecule has 0 saturated carbocycles. The van der Waals surface area contributed by atoms with Crippen LogP contribution in [0.3, 0.4) is 0 Å². The van der Waals surface area contributed by atoms with E-state index in [-0.39, 0.29) is 5.91 Å². The van der Waals surface area contributed by atoms with E-state index in [9.17, 15) is 4.79 Å². The number of carbonyl (C=O) groups excluding carboxylic acids is 1. The predicted octanol–water partition coefficient (Wildman–Crippen LogP) is 6.16. The minimum atomic E-state index is -0.0299. The summed E-state index contributed by atoms with van der Waals surface area (Å²) in [5.41, 5.74) is 3.40. The Labute approximate surface area is 186 Å². The van der Waals surface area contributed by atoms with E-state index in [1.54, 1.807) is 6.08 Å². The van der Waals surface area contributed by atoms with Gasteiger partial charge in [-0.15, -0.1) is 0 Å². The van der Waals surface area contributed by atoms with Crippen LogP contribution in [0.5, 0.6) is 0 Å². The number of aromatic nitrogens is 2. The van der Waals surface area contributed by atoms with Gasteiger partial charge in [-0.2, -0.15) is 0 Å². The molecule has 0 aliphatic carbocycles. The fraction of sp³-hybridized carbons (Fsp3) is 0.407. The second-order valence-corrected chi connectivity index (χ2v) is 8.07. The highest BCUT2D eigenvalue weighted by Crippen LogP contribution is 2.19. The zero-order valence-corrected chi connectivity index (χ0v) is 18.7. The Morgan fingerprint density at radius 1 is 0.935 bits per heavy atom. The number of fused-ring (bicyclic) bond motifs is 1. The molecule has 0 radical (unpaired) electrons. The Morgan fingerprint density at radius 2 is 1.71 bits per heavy atom. The molecule has 164 valence electrons. The lowest BCUT2D eigenvalue weighted by Crippen LogP contribution is -2.22. The SMILES string of the molecule is CCCCCCn1c(CCCCCNC(=O)/C=C/c2ccccc2)nc2ccccc21. The van der Waals surface area contributed by atoms with Gasteiger partial charge in [-0.25, -0.2) is 4.98 Å². The zero-order chi connectivity index (χ0) is 21.7. The number of carbonyl (C=O) groups is 1. The van der Waals surface area contributed by atoms with Crippen LogP contribution in [-0.4, -0.2) is 22.0 Å². The number of benzene rings is 2. The Morgan fingerprint density at radius 3 is 2.55 bits per heavy atom. The molecule has 31 heavy (non-hydrogen) atoms. The van der Waals surface area contributed by atoms with Gasteiger partial charge in [0.15, 0.2) is 0 Å². The van der Waals surface area contributed by atoms with Gasteiger partial charge >= 0.3 is 0 Å². The highest BCUT2D eigenvalue weighted by molar-refractivity contribution is 5.91. The lowest BCUT2D eigenvalue weighted by molar-refractivity contribution is -0.116. The number of nitrogens with one attached hydrogen (secondary N) is 1. The van der Waals surface area contributed by atoms with Crippen molar-refractivity contribution in [2.24, 2.45) is 0 Å². The molecule has 3 aromatic rings. The monoisotopic (exact) mass is 417 g/mol. The van der Waals surface area contributed by atoms with Gasteiger partial charge < -0.3 is 9.88 Å². The van der Waals surface area contributed by atoms with Gasteiger partial charge in [-0.1, -0.05) is 75.1 Å². The highest BCUT2D eigenvalue weighted by Gasteiger charge is 2.09. The first-order valence-electron chi connectivity index (χ1n) is 11.7. The van der Waals surface area contributed by atoms with Crippen molar-refractivity contribution in [2.75, 3.05) is 6.54 Å². The summed E-state index contributed by atoms with van der Waals surface area (Å²) < 4.78 is 2.42. The fourth-order valence-electron chi connectivity index (χ4n) is 3.85. The Balaban J connectivity index is 1.41. The van der Waals surface area contributed by atoms with Crippen molar-refractivity contribution >= 4 is 23.0 Å². The third-order valence-corrected chi connectivity index (χ3v) is 5.57. The number of imidazole rings is 1. The van der Waals surface area contributed by atoms with Crippen molar-refractivity contribution in [3.63, 3.8) is 0 Å². The molecule has 0 spiro atoms. The minimum absolute atomic E-state index is 0.0299. The van der Waals surface area contributed by atoms with Crippen molar-refractivity contribution in [1.29, 1.82) is 0 Å². The highest BCUT2D eigenvalue weighted by atomic mass is 16.1. The van der Waals surface area contributed by atoms with Crippen LogP contribution < -0.4 is 5.32 Å². The smallest absolute Gasteiger partial charge is 0.243 e. The molecule has 1 amide bonds. The second kappa shape index (κ2) is 12.7. The number of nitrogens with zero attached hydrogens (tertiary/aromatic N) is 2. The molecule has 0 aliphatic rings. The number of amides is 1. The van der Waals surface area contributed by atoms with Crippen molar-refractivity contribution in [1.82, 2.24) is 14.9 Å². The van der Waals surface area contributed by atoms with E-state index in [2.05, 4.69) is 41.1 Å². The quantitative estimate of drug-likeness (QED) is 0.267. The summed E-state index contributed by atoms with van der Waals surface area (Å²) in [4.78, 5) is 16.8. The number of para-hydroxylation sites is 2. The van der Waals surface area contributed by atoms with E-state index in [4.69, 9.17) is 4.98 Å². The number of hydrogen-bond acceptors (Lipinski definition) is 2. The summed E-state index contributed by atoms with van der Waals surface area (Å²) in [7, 11) is 0. The number of rotatable bonds is 13. The molecule has 1 heterocycles. The summed E-state index contributed by atoms with van der Waals surface area (Å²) in [5.74, 6) is 1.17. The molecule has 1 aromatic heterocycles. The normalized spacial score (nSPS) is 11.4. The second-order valence-electron chi connectivity index (χ2n) is 8.07. The maximum Gasteiger partial charge on any atom is 0.243 e. The van der Waals surface area contributed by atoms with Gasteiger partial charge in [-0.3, -0.25) is 4.79 Å². The number of hydrogen-bond donors (Lipinski definition) is 1. The summed E-state index contributed by atoms with van der Waals surface area (Å²) in [6, 6.07) is 18.3. The van der Waals surface area contributed by atoms with Crippen LogP contribution in [0, 0.1) is 0 Å². The minimum Gasteiger partial charge on any atom is -0.353 e. The summed E-state index contributed by atoms with van der Waals surface area (Å²) >= 11 is 0. The summed E-state index contributed by atoms with van der Waals surface area (Å²) in [5, 5.41) is 2.98. The van der Waals surface area contributed by atoms with Crippen LogP contribution in [0.1, 0.15) is 63.3 Å². The average Bonchev–Trinajstić information content (AvgIpc) is 3.15. The first kappa shape index (κ1) is 22.8. The largest absolute Gasteiger partial charge is 0.353 e. The first-order valence-corrected chi connectivity index (χ1v) is 11.7. The lowest BCUT2D eigenvalue weighted by atomic mass is 10.1. The van der Waals surface area contributed by atoms with E-state index in [1.165, 1.54) is 37.0 Å². The Kier molecular flexibility index (Phi) is 9.36. The number of aryl methyl sites for hydroxylation is 2. The van der Waals surface area contributed by atoms with Crippen LogP contribution in [0.15, 0.2) is 60.7 Å². The van der Waals surface area contributed by atoms with Crippen molar-refractivity contribution in [3.8, 4) is 0 Å². The van der Waals surface area contributed by atoms with E-state index >= 15 is 0 Å². The van der Waals surface area contributed by atoms with E-state index in [1.807, 2.05) is 36.4 Å². The maximum absolute atomic E-state index is 12.0. The van der Waals surface area contributed by atoms with Gasteiger partial charge in [0.2, 0.25) is 5.91 Å². The van der Waals surface area contributed by atoms with E-state index < -0.39 is 0 Å². The summed E-state index contributed by atoms with van der Waals surface area (Å²) in [6.07, 6.45) is 12.7. The molecule has 0 unspecified atom stereocenters. The van der Waals surface area contributed by atoms with Crippen LogP contribution in [-0.2, 0) is 17.8 Å². The van der Waals surface area contributed by atoms with Gasteiger partial charge in [0.05, 0.1) is 11.0 Å².